The van der Waals surface area contributed by atoms with Gasteiger partial charge >= 0.3 is 0 Å². The molecule has 6 heteroatoms. The maximum Gasteiger partial charge on any atom is 0.278 e. The molecule has 1 N–H and O–H groups in total. The first-order valence-electron chi connectivity index (χ1n) is 10.4. The molecule has 0 bridgehead atoms. The number of carbonyl (C=O) groups excluding carboxylic acids is 2. The van der Waals surface area contributed by atoms with Crippen LogP contribution >= 0.6 is 0 Å². The summed E-state index contributed by atoms with van der Waals surface area (Å²) in [6.45, 7) is 4.53. The lowest BCUT2D eigenvalue weighted by atomic mass is 10.0. The van der Waals surface area contributed by atoms with E-state index in [-0.39, 0.29) is 17.8 Å². The molecule has 0 aromatic heterocycles. The summed E-state index contributed by atoms with van der Waals surface area (Å²) < 4.78 is 19.2. The average Bonchev–Trinajstić information content (AvgIpc) is 3.00. The number of hydrogen-bond donors (Lipinski definition) is 1. The summed E-state index contributed by atoms with van der Waals surface area (Å²) in [5, 5.41) is 2.97. The minimum absolute atomic E-state index is 0.122. The summed E-state index contributed by atoms with van der Waals surface area (Å²) in [4.78, 5) is 27.9. The molecule has 0 spiro atoms. The van der Waals surface area contributed by atoms with Gasteiger partial charge < -0.3 is 10.1 Å². The van der Waals surface area contributed by atoms with Crippen molar-refractivity contribution in [1.82, 2.24) is 4.90 Å². The highest BCUT2D eigenvalue weighted by atomic mass is 19.1. The third-order valence-corrected chi connectivity index (χ3v) is 5.18. The van der Waals surface area contributed by atoms with Crippen LogP contribution in [0.2, 0.25) is 0 Å². The maximum absolute atomic E-state index is 13.7. The quantitative estimate of drug-likeness (QED) is 0.541. The zero-order valence-corrected chi connectivity index (χ0v) is 17.9. The van der Waals surface area contributed by atoms with Crippen LogP contribution in [-0.4, -0.2) is 23.3 Å². The highest BCUT2D eigenvalue weighted by Crippen LogP contribution is 2.32. The third kappa shape index (κ3) is 4.39. The Bertz CT molecular complexity index is 1180. The summed E-state index contributed by atoms with van der Waals surface area (Å²) in [6, 6.07) is 20.4. The molecular formula is C26H23FN2O3. The van der Waals surface area contributed by atoms with Crippen molar-refractivity contribution in [2.45, 2.75) is 20.4 Å². The SMILES string of the molecule is CCOc1ccc(C2=C(Nc3cccc(F)c3)C(=O)N(Cc3ccc(C)cc3)C2=O)cc1. The lowest BCUT2D eigenvalue weighted by Crippen LogP contribution is -2.32. The van der Waals surface area contributed by atoms with Gasteiger partial charge in [0.05, 0.1) is 18.7 Å². The van der Waals surface area contributed by atoms with E-state index in [0.717, 1.165) is 11.1 Å². The molecule has 0 fully saturated rings. The van der Waals surface area contributed by atoms with E-state index in [2.05, 4.69) is 5.32 Å². The van der Waals surface area contributed by atoms with Crippen LogP contribution in [0.15, 0.2) is 78.5 Å². The molecule has 3 aromatic carbocycles. The van der Waals surface area contributed by atoms with Gasteiger partial charge in [0, 0.05) is 5.69 Å². The van der Waals surface area contributed by atoms with E-state index >= 15 is 0 Å². The number of halogens is 1. The van der Waals surface area contributed by atoms with Gasteiger partial charge in [-0.05, 0) is 55.3 Å². The Hall–Kier alpha value is -3.93. The van der Waals surface area contributed by atoms with Gasteiger partial charge in [-0.1, -0.05) is 48.0 Å². The van der Waals surface area contributed by atoms with Gasteiger partial charge in [-0.15, -0.1) is 0 Å². The van der Waals surface area contributed by atoms with Crippen LogP contribution in [0, 0.1) is 12.7 Å². The van der Waals surface area contributed by atoms with Gasteiger partial charge in [0.15, 0.2) is 0 Å². The number of imide groups is 1. The molecule has 0 aliphatic carbocycles. The van der Waals surface area contributed by atoms with E-state index in [0.29, 0.717) is 23.6 Å². The molecule has 1 aliphatic heterocycles. The number of nitrogens with zero attached hydrogens (tertiary/aromatic N) is 1. The molecule has 162 valence electrons. The molecule has 0 saturated heterocycles. The fraction of sp³-hybridized carbons (Fsp3) is 0.154. The van der Waals surface area contributed by atoms with Gasteiger partial charge in [-0.25, -0.2) is 4.39 Å². The fourth-order valence-corrected chi connectivity index (χ4v) is 3.57. The standard InChI is InChI=1S/C26H23FN2O3/c1-3-32-22-13-11-19(12-14-22)23-24(28-21-6-4-5-20(27)15-21)26(31)29(25(23)30)16-18-9-7-17(2)8-10-18/h4-15,28H,3,16H2,1-2H3. The summed E-state index contributed by atoms with van der Waals surface area (Å²) in [7, 11) is 0. The van der Waals surface area contributed by atoms with E-state index in [4.69, 9.17) is 4.74 Å². The first kappa shape index (κ1) is 21.3. The van der Waals surface area contributed by atoms with E-state index in [1.54, 1.807) is 36.4 Å². The van der Waals surface area contributed by atoms with Crippen LogP contribution in [0.4, 0.5) is 10.1 Å². The summed E-state index contributed by atoms with van der Waals surface area (Å²) in [5.74, 6) is -0.626. The normalized spacial score (nSPS) is 13.7. The number of hydrogen-bond acceptors (Lipinski definition) is 4. The summed E-state index contributed by atoms with van der Waals surface area (Å²) in [6.07, 6.45) is 0. The molecule has 0 saturated carbocycles. The van der Waals surface area contributed by atoms with E-state index in [1.807, 2.05) is 38.1 Å². The molecule has 2 amide bonds. The molecule has 3 aromatic rings. The topological polar surface area (TPSA) is 58.6 Å². The fourth-order valence-electron chi connectivity index (χ4n) is 3.57. The van der Waals surface area contributed by atoms with E-state index < -0.39 is 17.6 Å². The number of amides is 2. The Morgan fingerprint density at radius 2 is 1.66 bits per heavy atom. The van der Waals surface area contributed by atoms with Crippen molar-refractivity contribution in [3.8, 4) is 5.75 Å². The predicted octanol–water partition coefficient (Wildman–Crippen LogP) is 4.93. The Balaban J connectivity index is 1.72. The second-order valence-electron chi connectivity index (χ2n) is 7.52. The molecule has 0 atom stereocenters. The Morgan fingerprint density at radius 1 is 0.938 bits per heavy atom. The molecule has 4 rings (SSSR count). The molecule has 0 unspecified atom stereocenters. The van der Waals surface area contributed by atoms with Crippen LogP contribution < -0.4 is 10.1 Å². The molecule has 5 nitrogen and oxygen atoms in total. The first-order chi connectivity index (χ1) is 15.5. The average molecular weight is 430 g/mol. The van der Waals surface area contributed by atoms with Gasteiger partial charge in [-0.3, -0.25) is 14.5 Å². The maximum atomic E-state index is 13.7. The van der Waals surface area contributed by atoms with Crippen LogP contribution in [0.25, 0.3) is 5.57 Å². The first-order valence-corrected chi connectivity index (χ1v) is 10.4. The third-order valence-electron chi connectivity index (χ3n) is 5.18. The minimum atomic E-state index is -0.455. The smallest absolute Gasteiger partial charge is 0.278 e. The van der Waals surface area contributed by atoms with Crippen molar-refractivity contribution in [1.29, 1.82) is 0 Å². The van der Waals surface area contributed by atoms with Crippen molar-refractivity contribution in [3.05, 3.63) is 101 Å². The molecule has 1 heterocycles. The van der Waals surface area contributed by atoms with Crippen LogP contribution in [0.1, 0.15) is 23.6 Å². The zero-order chi connectivity index (χ0) is 22.7. The Labute approximate surface area is 186 Å². The van der Waals surface area contributed by atoms with Crippen molar-refractivity contribution < 1.29 is 18.7 Å². The number of benzene rings is 3. The summed E-state index contributed by atoms with van der Waals surface area (Å²) in [5.41, 5.74) is 3.27. The molecule has 32 heavy (non-hydrogen) atoms. The number of anilines is 1. The van der Waals surface area contributed by atoms with Gasteiger partial charge in [0.25, 0.3) is 11.8 Å². The van der Waals surface area contributed by atoms with Gasteiger partial charge in [-0.2, -0.15) is 0 Å². The number of carbonyl (C=O) groups is 2. The van der Waals surface area contributed by atoms with Gasteiger partial charge in [0.2, 0.25) is 0 Å². The molecule has 1 aliphatic rings. The second-order valence-corrected chi connectivity index (χ2v) is 7.52. The largest absolute Gasteiger partial charge is 0.494 e. The highest BCUT2D eigenvalue weighted by molar-refractivity contribution is 6.36. The van der Waals surface area contributed by atoms with Gasteiger partial charge in [0.1, 0.15) is 17.3 Å². The number of rotatable bonds is 7. The number of nitrogens with one attached hydrogen (secondary N) is 1. The molecular weight excluding hydrogens is 407 g/mol. The lowest BCUT2D eigenvalue weighted by molar-refractivity contribution is -0.137. The van der Waals surface area contributed by atoms with Crippen molar-refractivity contribution >= 4 is 23.1 Å². The Kier molecular flexibility index (Phi) is 6.03. The number of ether oxygens (including phenoxy) is 1. The zero-order valence-electron chi connectivity index (χ0n) is 17.9. The van der Waals surface area contributed by atoms with Crippen LogP contribution in [-0.2, 0) is 16.1 Å². The lowest BCUT2D eigenvalue weighted by Gasteiger charge is -2.15. The number of aryl methyl sites for hydroxylation is 1. The summed E-state index contributed by atoms with van der Waals surface area (Å²) >= 11 is 0. The monoisotopic (exact) mass is 430 g/mol. The minimum Gasteiger partial charge on any atom is -0.494 e. The van der Waals surface area contributed by atoms with Crippen LogP contribution in [0.3, 0.4) is 0 Å². The van der Waals surface area contributed by atoms with E-state index in [1.165, 1.54) is 17.0 Å². The second kappa shape index (κ2) is 9.06. The van der Waals surface area contributed by atoms with Crippen molar-refractivity contribution in [2.24, 2.45) is 0 Å². The van der Waals surface area contributed by atoms with E-state index in [9.17, 15) is 14.0 Å². The van der Waals surface area contributed by atoms with Crippen molar-refractivity contribution in [3.63, 3.8) is 0 Å². The van der Waals surface area contributed by atoms with Crippen LogP contribution in [0.5, 0.6) is 5.75 Å². The Morgan fingerprint density at radius 3 is 2.31 bits per heavy atom. The highest BCUT2D eigenvalue weighted by Gasteiger charge is 2.39. The predicted molar refractivity (Wildman–Crippen MR) is 121 cm³/mol. The molecule has 0 radical (unpaired) electrons. The van der Waals surface area contributed by atoms with Crippen molar-refractivity contribution in [2.75, 3.05) is 11.9 Å².